The molecule has 1 heterocycles. The number of benzene rings is 2. The number of aromatic nitrogens is 4. The van der Waals surface area contributed by atoms with Gasteiger partial charge in [-0.2, -0.15) is 0 Å². The van der Waals surface area contributed by atoms with Crippen LogP contribution in [0.3, 0.4) is 0 Å². The minimum atomic E-state index is -0.120. The number of nitrogens with one attached hydrogen (secondary N) is 1. The lowest BCUT2D eigenvalue weighted by Crippen LogP contribution is -2.25. The molecule has 1 aromatic heterocycles. The van der Waals surface area contributed by atoms with Gasteiger partial charge in [-0.05, 0) is 53.6 Å². The third-order valence-electron chi connectivity index (χ3n) is 4.05. The summed E-state index contributed by atoms with van der Waals surface area (Å²) in [5.74, 6) is 1.35. The smallest absolute Gasteiger partial charge is 0.251 e. The Morgan fingerprint density at radius 2 is 2.04 bits per heavy atom. The van der Waals surface area contributed by atoms with Crippen molar-refractivity contribution in [3.8, 4) is 17.1 Å². The number of nitrogens with zero attached hydrogens (tertiary/aromatic N) is 4. The van der Waals surface area contributed by atoms with Crippen molar-refractivity contribution in [3.05, 3.63) is 59.7 Å². The Morgan fingerprint density at radius 1 is 1.19 bits per heavy atom. The zero-order valence-corrected chi connectivity index (χ0v) is 14.8. The van der Waals surface area contributed by atoms with E-state index in [0.29, 0.717) is 24.5 Å². The SMILES string of the molecule is CCn1nnnc1-c1cccc(C(=O)NCCc2cccc(OC)c2)c1. The van der Waals surface area contributed by atoms with Gasteiger partial charge >= 0.3 is 0 Å². The van der Waals surface area contributed by atoms with Crippen LogP contribution in [0.5, 0.6) is 5.75 Å². The van der Waals surface area contributed by atoms with Gasteiger partial charge in [-0.25, -0.2) is 4.68 Å². The van der Waals surface area contributed by atoms with Gasteiger partial charge in [0.05, 0.1) is 7.11 Å². The fraction of sp³-hybridized carbons (Fsp3) is 0.263. The quantitative estimate of drug-likeness (QED) is 0.706. The van der Waals surface area contributed by atoms with Gasteiger partial charge in [0.1, 0.15) is 5.75 Å². The third kappa shape index (κ3) is 4.05. The summed E-state index contributed by atoms with van der Waals surface area (Å²) in [4.78, 5) is 12.4. The van der Waals surface area contributed by atoms with Crippen molar-refractivity contribution in [1.29, 1.82) is 0 Å². The Labute approximate surface area is 152 Å². The lowest BCUT2D eigenvalue weighted by molar-refractivity contribution is 0.0954. The van der Waals surface area contributed by atoms with E-state index in [1.807, 2.05) is 43.3 Å². The van der Waals surface area contributed by atoms with E-state index in [9.17, 15) is 4.79 Å². The molecule has 2 aromatic carbocycles. The van der Waals surface area contributed by atoms with E-state index in [1.165, 1.54) is 0 Å². The molecular weight excluding hydrogens is 330 g/mol. The molecule has 0 radical (unpaired) electrons. The van der Waals surface area contributed by atoms with Crippen molar-refractivity contribution in [2.75, 3.05) is 13.7 Å². The molecule has 7 heteroatoms. The lowest BCUT2D eigenvalue weighted by Gasteiger charge is -2.08. The zero-order valence-electron chi connectivity index (χ0n) is 14.8. The van der Waals surface area contributed by atoms with Crippen LogP contribution in [0.4, 0.5) is 0 Å². The van der Waals surface area contributed by atoms with Crippen molar-refractivity contribution in [2.45, 2.75) is 19.9 Å². The van der Waals surface area contributed by atoms with Crippen LogP contribution in [0.1, 0.15) is 22.8 Å². The van der Waals surface area contributed by atoms with E-state index in [2.05, 4.69) is 20.8 Å². The average molecular weight is 351 g/mol. The van der Waals surface area contributed by atoms with Gasteiger partial charge in [0, 0.05) is 24.2 Å². The van der Waals surface area contributed by atoms with E-state index < -0.39 is 0 Å². The van der Waals surface area contributed by atoms with Crippen LogP contribution in [0, 0.1) is 0 Å². The van der Waals surface area contributed by atoms with Crippen LogP contribution in [0.2, 0.25) is 0 Å². The number of rotatable bonds is 7. The topological polar surface area (TPSA) is 81.9 Å². The molecule has 3 rings (SSSR count). The summed E-state index contributed by atoms with van der Waals surface area (Å²) >= 11 is 0. The molecule has 7 nitrogen and oxygen atoms in total. The maximum absolute atomic E-state index is 12.4. The average Bonchev–Trinajstić information content (AvgIpc) is 3.17. The van der Waals surface area contributed by atoms with E-state index >= 15 is 0 Å². The van der Waals surface area contributed by atoms with Gasteiger partial charge < -0.3 is 10.1 Å². The number of ether oxygens (including phenoxy) is 1. The van der Waals surface area contributed by atoms with Gasteiger partial charge in [0.25, 0.3) is 5.91 Å². The van der Waals surface area contributed by atoms with Gasteiger partial charge in [-0.15, -0.1) is 5.10 Å². The van der Waals surface area contributed by atoms with Gasteiger partial charge in [0.2, 0.25) is 0 Å². The van der Waals surface area contributed by atoms with Crippen LogP contribution >= 0.6 is 0 Å². The van der Waals surface area contributed by atoms with Crippen molar-refractivity contribution in [3.63, 3.8) is 0 Å². The summed E-state index contributed by atoms with van der Waals surface area (Å²) in [7, 11) is 1.64. The molecule has 0 fully saturated rings. The Hall–Kier alpha value is -3.22. The van der Waals surface area contributed by atoms with Crippen molar-refractivity contribution < 1.29 is 9.53 Å². The Morgan fingerprint density at radius 3 is 2.85 bits per heavy atom. The standard InChI is InChI=1S/C19H21N5O2/c1-3-24-18(21-22-23-24)15-7-5-8-16(13-15)19(25)20-11-10-14-6-4-9-17(12-14)26-2/h4-9,12-13H,3,10-11H2,1-2H3,(H,20,25). The lowest BCUT2D eigenvalue weighted by atomic mass is 10.1. The fourth-order valence-electron chi connectivity index (χ4n) is 2.67. The van der Waals surface area contributed by atoms with Gasteiger partial charge in [-0.3, -0.25) is 4.79 Å². The molecular formula is C19H21N5O2. The number of amides is 1. The highest BCUT2D eigenvalue weighted by atomic mass is 16.5. The highest BCUT2D eigenvalue weighted by Gasteiger charge is 2.11. The second-order valence-electron chi connectivity index (χ2n) is 5.76. The monoisotopic (exact) mass is 351 g/mol. The first kappa shape index (κ1) is 17.6. The number of tetrazole rings is 1. The van der Waals surface area contributed by atoms with E-state index in [-0.39, 0.29) is 5.91 Å². The molecule has 0 aliphatic rings. The largest absolute Gasteiger partial charge is 0.497 e. The van der Waals surface area contributed by atoms with Gasteiger partial charge in [-0.1, -0.05) is 24.3 Å². The molecule has 0 unspecified atom stereocenters. The number of hydrogen-bond acceptors (Lipinski definition) is 5. The first-order chi connectivity index (χ1) is 12.7. The summed E-state index contributed by atoms with van der Waals surface area (Å²) in [5.41, 5.74) is 2.51. The second kappa shape index (κ2) is 8.24. The highest BCUT2D eigenvalue weighted by Crippen LogP contribution is 2.17. The maximum Gasteiger partial charge on any atom is 0.251 e. The summed E-state index contributed by atoms with van der Waals surface area (Å²) < 4.78 is 6.91. The zero-order chi connectivity index (χ0) is 18.4. The molecule has 0 saturated heterocycles. The Kier molecular flexibility index (Phi) is 5.58. The van der Waals surface area contributed by atoms with Crippen molar-refractivity contribution in [1.82, 2.24) is 25.5 Å². The first-order valence-corrected chi connectivity index (χ1v) is 8.49. The summed E-state index contributed by atoms with van der Waals surface area (Å²) in [6, 6.07) is 15.1. The summed E-state index contributed by atoms with van der Waals surface area (Å²) in [6.07, 6.45) is 0.733. The van der Waals surface area contributed by atoms with Gasteiger partial charge in [0.15, 0.2) is 5.82 Å². The van der Waals surface area contributed by atoms with Crippen molar-refractivity contribution in [2.24, 2.45) is 0 Å². The molecule has 0 aliphatic carbocycles. The second-order valence-corrected chi connectivity index (χ2v) is 5.76. The van der Waals surface area contributed by atoms with Crippen LogP contribution in [0.15, 0.2) is 48.5 Å². The molecule has 134 valence electrons. The number of carbonyl (C=O) groups excluding carboxylic acids is 1. The van der Waals surface area contributed by atoms with Crippen LogP contribution < -0.4 is 10.1 Å². The number of methoxy groups -OCH3 is 1. The number of carbonyl (C=O) groups is 1. The highest BCUT2D eigenvalue weighted by molar-refractivity contribution is 5.95. The van der Waals surface area contributed by atoms with Crippen LogP contribution in [-0.4, -0.2) is 39.8 Å². The Balaban J connectivity index is 1.64. The van der Waals surface area contributed by atoms with Crippen LogP contribution in [-0.2, 0) is 13.0 Å². The van der Waals surface area contributed by atoms with E-state index in [0.717, 1.165) is 23.3 Å². The first-order valence-electron chi connectivity index (χ1n) is 8.49. The van der Waals surface area contributed by atoms with E-state index in [4.69, 9.17) is 4.74 Å². The van der Waals surface area contributed by atoms with E-state index in [1.54, 1.807) is 23.9 Å². The molecule has 1 N–H and O–H groups in total. The molecule has 1 amide bonds. The fourth-order valence-corrected chi connectivity index (χ4v) is 2.67. The molecule has 0 spiro atoms. The molecule has 3 aromatic rings. The minimum absolute atomic E-state index is 0.120. The molecule has 0 saturated carbocycles. The minimum Gasteiger partial charge on any atom is -0.497 e. The normalized spacial score (nSPS) is 10.5. The molecule has 0 aliphatic heterocycles. The predicted molar refractivity (Wildman–Crippen MR) is 98.0 cm³/mol. The van der Waals surface area contributed by atoms with Crippen molar-refractivity contribution >= 4 is 5.91 Å². The molecule has 0 bridgehead atoms. The predicted octanol–water partition coefficient (Wildman–Crippen LogP) is 2.34. The number of hydrogen-bond donors (Lipinski definition) is 1. The molecule has 26 heavy (non-hydrogen) atoms. The summed E-state index contributed by atoms with van der Waals surface area (Å²) in [6.45, 7) is 3.18. The molecule has 0 atom stereocenters. The third-order valence-corrected chi connectivity index (χ3v) is 4.05. The summed E-state index contributed by atoms with van der Waals surface area (Å²) in [5, 5.41) is 14.6. The number of aryl methyl sites for hydroxylation is 1. The maximum atomic E-state index is 12.4. The Bertz CT molecular complexity index is 891. The van der Waals surface area contributed by atoms with Crippen LogP contribution in [0.25, 0.3) is 11.4 Å².